The van der Waals surface area contributed by atoms with Crippen molar-refractivity contribution in [3.05, 3.63) is 42.1 Å². The Morgan fingerprint density at radius 2 is 1.85 bits per heavy atom. The molecule has 0 bridgehead atoms. The van der Waals surface area contributed by atoms with Gasteiger partial charge in [-0.1, -0.05) is 0 Å². The molecule has 20 heavy (non-hydrogen) atoms. The molecule has 7 heteroatoms. The smallest absolute Gasteiger partial charge is 0.261 e. The van der Waals surface area contributed by atoms with E-state index in [-0.39, 0.29) is 4.90 Å². The maximum absolute atomic E-state index is 12.2. The van der Waals surface area contributed by atoms with Crippen LogP contribution in [-0.2, 0) is 10.0 Å². The van der Waals surface area contributed by atoms with Gasteiger partial charge in [-0.25, -0.2) is 13.4 Å². The monoisotopic (exact) mass is 293 g/mol. The van der Waals surface area contributed by atoms with Gasteiger partial charge in [0.25, 0.3) is 10.0 Å². The third-order valence-corrected chi connectivity index (χ3v) is 3.98. The van der Waals surface area contributed by atoms with E-state index in [9.17, 15) is 8.42 Å². The van der Waals surface area contributed by atoms with E-state index in [0.717, 1.165) is 0 Å². The Balaban J connectivity index is 2.33. The van der Waals surface area contributed by atoms with Crippen LogP contribution in [0.2, 0.25) is 0 Å². The Morgan fingerprint density at radius 1 is 1.20 bits per heavy atom. The van der Waals surface area contributed by atoms with Crippen LogP contribution in [0.15, 0.2) is 41.3 Å². The van der Waals surface area contributed by atoms with Crippen LogP contribution in [-0.4, -0.2) is 20.5 Å². The number of hydrogen-bond donors (Lipinski definition) is 2. The summed E-state index contributed by atoms with van der Waals surface area (Å²) in [5, 5.41) is 0. The maximum Gasteiger partial charge on any atom is 0.261 e. The van der Waals surface area contributed by atoms with E-state index >= 15 is 0 Å². The van der Waals surface area contributed by atoms with Crippen molar-refractivity contribution < 1.29 is 13.2 Å². The molecule has 3 N–H and O–H groups in total. The zero-order valence-electron chi connectivity index (χ0n) is 11.1. The summed E-state index contributed by atoms with van der Waals surface area (Å²) in [5.74, 6) is 0.347. The summed E-state index contributed by atoms with van der Waals surface area (Å²) in [6, 6.07) is 9.10. The number of anilines is 2. The molecule has 0 aliphatic carbocycles. The molecule has 6 nitrogen and oxygen atoms in total. The lowest BCUT2D eigenvalue weighted by Gasteiger charge is -2.10. The highest BCUT2D eigenvalue weighted by Crippen LogP contribution is 2.21. The number of nitrogens with one attached hydrogen (secondary N) is 1. The second-order valence-corrected chi connectivity index (χ2v) is 5.90. The lowest BCUT2D eigenvalue weighted by atomic mass is 10.3. The molecule has 0 amide bonds. The van der Waals surface area contributed by atoms with Gasteiger partial charge in [0.2, 0.25) is 5.88 Å². The molecule has 0 saturated heterocycles. The largest absolute Gasteiger partial charge is 0.481 e. The number of methoxy groups -OCH3 is 1. The van der Waals surface area contributed by atoms with Gasteiger partial charge in [0.1, 0.15) is 0 Å². The molecule has 0 aliphatic heterocycles. The zero-order chi connectivity index (χ0) is 14.8. The van der Waals surface area contributed by atoms with Crippen LogP contribution in [0.4, 0.5) is 11.4 Å². The minimum absolute atomic E-state index is 0.139. The molecular formula is C13H15N3O3S. The first kappa shape index (κ1) is 14.1. The number of nitrogen functional groups attached to an aromatic ring is 1. The van der Waals surface area contributed by atoms with Gasteiger partial charge in [0, 0.05) is 17.4 Å². The molecule has 1 aromatic heterocycles. The number of nitrogens with two attached hydrogens (primary N) is 1. The first-order chi connectivity index (χ1) is 9.40. The third-order valence-electron chi connectivity index (χ3n) is 2.58. The van der Waals surface area contributed by atoms with Gasteiger partial charge in [-0.2, -0.15) is 0 Å². The molecular weight excluding hydrogens is 278 g/mol. The molecule has 0 atom stereocenters. The molecule has 0 fully saturated rings. The molecule has 0 aliphatic rings. The topological polar surface area (TPSA) is 94.3 Å². The Hall–Kier alpha value is -2.28. The van der Waals surface area contributed by atoms with E-state index in [2.05, 4.69) is 9.71 Å². The normalized spacial score (nSPS) is 11.1. The number of sulfonamides is 1. The van der Waals surface area contributed by atoms with E-state index in [1.54, 1.807) is 13.0 Å². The lowest BCUT2D eigenvalue weighted by molar-refractivity contribution is 0.397. The van der Waals surface area contributed by atoms with Gasteiger partial charge in [0.05, 0.1) is 17.7 Å². The van der Waals surface area contributed by atoms with Crippen LogP contribution in [0.5, 0.6) is 5.88 Å². The van der Waals surface area contributed by atoms with Crippen molar-refractivity contribution in [3.63, 3.8) is 0 Å². The van der Waals surface area contributed by atoms with Crippen LogP contribution in [0, 0.1) is 6.92 Å². The lowest BCUT2D eigenvalue weighted by Crippen LogP contribution is -2.13. The fraction of sp³-hybridized carbons (Fsp3) is 0.154. The summed E-state index contributed by atoms with van der Waals surface area (Å²) in [7, 11) is -2.19. The van der Waals surface area contributed by atoms with Gasteiger partial charge >= 0.3 is 0 Å². The second-order valence-electron chi connectivity index (χ2n) is 4.21. The van der Waals surface area contributed by atoms with Gasteiger partial charge in [-0.15, -0.1) is 0 Å². The Morgan fingerprint density at radius 3 is 2.45 bits per heavy atom. The summed E-state index contributed by atoms with van der Waals surface area (Å²) in [4.78, 5) is 4.23. The fourth-order valence-electron chi connectivity index (χ4n) is 1.66. The summed E-state index contributed by atoms with van der Waals surface area (Å²) >= 11 is 0. The first-order valence-electron chi connectivity index (χ1n) is 5.82. The van der Waals surface area contributed by atoms with Crippen LogP contribution < -0.4 is 15.2 Å². The number of rotatable bonds is 4. The minimum Gasteiger partial charge on any atom is -0.481 e. The molecule has 106 valence electrons. The number of nitrogens with zero attached hydrogens (tertiary/aromatic N) is 1. The minimum atomic E-state index is -3.66. The molecule has 0 radical (unpaired) electrons. The molecule has 1 aromatic carbocycles. The summed E-state index contributed by atoms with van der Waals surface area (Å²) in [5.41, 5.74) is 7.09. The van der Waals surface area contributed by atoms with Crippen molar-refractivity contribution in [2.24, 2.45) is 0 Å². The average Bonchev–Trinajstić information content (AvgIpc) is 2.37. The average molecular weight is 293 g/mol. The van der Waals surface area contributed by atoms with E-state index in [1.807, 2.05) is 0 Å². The van der Waals surface area contributed by atoms with Crippen molar-refractivity contribution in [1.82, 2.24) is 4.98 Å². The number of hydrogen-bond acceptors (Lipinski definition) is 5. The van der Waals surface area contributed by atoms with Gasteiger partial charge < -0.3 is 10.5 Å². The van der Waals surface area contributed by atoms with Crippen LogP contribution >= 0.6 is 0 Å². The molecule has 2 rings (SSSR count). The van der Waals surface area contributed by atoms with Gasteiger partial charge in [0.15, 0.2) is 0 Å². The van der Waals surface area contributed by atoms with Crippen molar-refractivity contribution >= 4 is 21.4 Å². The highest BCUT2D eigenvalue weighted by Gasteiger charge is 2.14. The summed E-state index contributed by atoms with van der Waals surface area (Å²) in [6.45, 7) is 1.75. The molecule has 0 spiro atoms. The molecule has 1 heterocycles. The van der Waals surface area contributed by atoms with Crippen molar-refractivity contribution in [3.8, 4) is 5.88 Å². The molecule has 0 unspecified atom stereocenters. The van der Waals surface area contributed by atoms with Crippen molar-refractivity contribution in [2.45, 2.75) is 11.8 Å². The predicted octanol–water partition coefficient (Wildman–Crippen LogP) is 1.78. The fourth-order valence-corrected chi connectivity index (χ4v) is 2.70. The van der Waals surface area contributed by atoms with Crippen LogP contribution in [0.25, 0.3) is 0 Å². The van der Waals surface area contributed by atoms with E-state index in [1.165, 1.54) is 37.4 Å². The zero-order valence-corrected chi connectivity index (χ0v) is 11.9. The first-order valence-corrected chi connectivity index (χ1v) is 7.30. The number of aryl methyl sites for hydroxylation is 1. The standard InChI is InChI=1S/C13H15N3O3S/c1-9-7-11(8-13(15-9)19-2)16-20(17,18)12-5-3-10(14)4-6-12/h3-8H,14H2,1-2H3,(H,15,16). The highest BCUT2D eigenvalue weighted by molar-refractivity contribution is 7.92. The summed E-state index contributed by atoms with van der Waals surface area (Å²) < 4.78 is 31.9. The number of ether oxygens (including phenoxy) is 1. The van der Waals surface area contributed by atoms with E-state index < -0.39 is 10.0 Å². The third kappa shape index (κ3) is 3.18. The van der Waals surface area contributed by atoms with E-state index in [4.69, 9.17) is 10.5 Å². The molecule has 0 saturated carbocycles. The van der Waals surface area contributed by atoms with Crippen LogP contribution in [0.3, 0.4) is 0 Å². The van der Waals surface area contributed by atoms with Gasteiger partial charge in [-0.3, -0.25) is 4.72 Å². The van der Waals surface area contributed by atoms with Gasteiger partial charge in [-0.05, 0) is 37.3 Å². The van der Waals surface area contributed by atoms with Crippen molar-refractivity contribution in [1.29, 1.82) is 0 Å². The maximum atomic E-state index is 12.2. The predicted molar refractivity (Wildman–Crippen MR) is 77.2 cm³/mol. The molecule has 2 aromatic rings. The second kappa shape index (κ2) is 5.38. The number of pyridine rings is 1. The Bertz CT molecular complexity index is 712. The quantitative estimate of drug-likeness (QED) is 0.838. The van der Waals surface area contributed by atoms with Crippen LogP contribution in [0.1, 0.15) is 5.69 Å². The number of aromatic nitrogens is 1. The number of benzene rings is 1. The SMILES string of the molecule is COc1cc(NS(=O)(=O)c2ccc(N)cc2)cc(C)n1. The van der Waals surface area contributed by atoms with E-state index in [0.29, 0.717) is 22.9 Å². The highest BCUT2D eigenvalue weighted by atomic mass is 32.2. The Labute approximate surface area is 117 Å². The summed E-state index contributed by atoms with van der Waals surface area (Å²) in [6.07, 6.45) is 0. The Kier molecular flexibility index (Phi) is 3.80. The van der Waals surface area contributed by atoms with Crippen molar-refractivity contribution in [2.75, 3.05) is 17.6 Å².